The maximum Gasteiger partial charge on any atom is 0.208 e. The van der Waals surface area contributed by atoms with Crippen LogP contribution >= 0.6 is 0 Å². The van der Waals surface area contributed by atoms with Crippen LogP contribution in [0.2, 0.25) is 0 Å². The lowest BCUT2D eigenvalue weighted by Crippen LogP contribution is -1.96. The maximum atomic E-state index is 10.5. The second-order valence-corrected chi connectivity index (χ2v) is 6.66. The molecule has 0 aliphatic carbocycles. The summed E-state index contributed by atoms with van der Waals surface area (Å²) in [4.78, 5) is 0. The fourth-order valence-electron chi connectivity index (χ4n) is 3.78. The van der Waals surface area contributed by atoms with E-state index in [0.717, 1.165) is 21.5 Å². The minimum absolute atomic E-state index is 0.214. The van der Waals surface area contributed by atoms with Gasteiger partial charge in [-0.2, -0.15) is 0 Å². The van der Waals surface area contributed by atoms with Gasteiger partial charge >= 0.3 is 0 Å². The molecule has 0 spiro atoms. The zero-order valence-electron chi connectivity index (χ0n) is 14.5. The molecule has 0 fully saturated rings. The second-order valence-electron chi connectivity index (χ2n) is 6.66. The SMILES string of the molecule is Oc1c(O)c(O)c(-n2c3ccccc3c3cc4ccccc4cc32)c(O)c1O. The fraction of sp³-hybridized carbons (Fsp3) is 0. The minimum atomic E-state index is -0.982. The van der Waals surface area contributed by atoms with Gasteiger partial charge in [-0.15, -0.1) is 0 Å². The molecule has 0 saturated heterocycles. The molecule has 0 amide bonds. The standard InChI is InChI=1S/C22H15NO5/c24-18-17(19(25)21(27)22(28)20(18)26)23-15-8-4-3-7-13(15)14-9-11-5-1-2-6-12(11)10-16(14)23/h1-10,24-28H. The van der Waals surface area contributed by atoms with Crippen molar-refractivity contribution in [1.82, 2.24) is 4.57 Å². The van der Waals surface area contributed by atoms with Crippen molar-refractivity contribution in [2.45, 2.75) is 0 Å². The van der Waals surface area contributed by atoms with E-state index >= 15 is 0 Å². The molecule has 0 atom stereocenters. The van der Waals surface area contributed by atoms with Crippen molar-refractivity contribution in [3.05, 3.63) is 60.7 Å². The number of hydrogen-bond donors (Lipinski definition) is 5. The van der Waals surface area contributed by atoms with E-state index in [4.69, 9.17) is 0 Å². The van der Waals surface area contributed by atoms with Gasteiger partial charge in [-0.05, 0) is 29.0 Å². The highest BCUT2D eigenvalue weighted by Crippen LogP contribution is 2.54. The molecule has 4 aromatic carbocycles. The molecule has 0 bridgehead atoms. The van der Waals surface area contributed by atoms with E-state index in [1.54, 1.807) is 10.6 Å². The molecule has 0 unspecified atom stereocenters. The molecule has 0 saturated carbocycles. The van der Waals surface area contributed by atoms with Gasteiger partial charge in [0.1, 0.15) is 5.69 Å². The Hall–Kier alpha value is -4.06. The number of phenolic OH excluding ortho intramolecular Hbond substituents is 5. The molecular formula is C22H15NO5. The van der Waals surface area contributed by atoms with Crippen molar-refractivity contribution in [1.29, 1.82) is 0 Å². The van der Waals surface area contributed by atoms with Crippen molar-refractivity contribution >= 4 is 32.6 Å². The summed E-state index contributed by atoms with van der Waals surface area (Å²) in [6.07, 6.45) is 0. The van der Waals surface area contributed by atoms with Crippen LogP contribution in [-0.2, 0) is 0 Å². The summed E-state index contributed by atoms with van der Waals surface area (Å²) in [6.45, 7) is 0. The molecule has 5 aromatic rings. The van der Waals surface area contributed by atoms with E-state index in [1.807, 2.05) is 54.6 Å². The number of rotatable bonds is 1. The van der Waals surface area contributed by atoms with Crippen LogP contribution in [0.15, 0.2) is 60.7 Å². The van der Waals surface area contributed by atoms with Gasteiger partial charge in [-0.1, -0.05) is 42.5 Å². The zero-order chi connectivity index (χ0) is 19.6. The lowest BCUT2D eigenvalue weighted by atomic mass is 10.1. The van der Waals surface area contributed by atoms with Gasteiger partial charge in [0, 0.05) is 10.8 Å². The van der Waals surface area contributed by atoms with Crippen LogP contribution in [0.5, 0.6) is 28.7 Å². The summed E-state index contributed by atoms with van der Waals surface area (Å²) >= 11 is 0. The van der Waals surface area contributed by atoms with Crippen molar-refractivity contribution in [3.63, 3.8) is 0 Å². The van der Waals surface area contributed by atoms with E-state index in [0.29, 0.717) is 11.0 Å². The molecule has 6 heteroatoms. The summed E-state index contributed by atoms with van der Waals surface area (Å²) in [5, 5.41) is 54.5. The third-order valence-electron chi connectivity index (χ3n) is 5.11. The highest BCUT2D eigenvalue weighted by Gasteiger charge is 2.27. The van der Waals surface area contributed by atoms with Gasteiger partial charge < -0.3 is 30.1 Å². The van der Waals surface area contributed by atoms with E-state index in [2.05, 4.69) is 0 Å². The van der Waals surface area contributed by atoms with Crippen molar-refractivity contribution in [3.8, 4) is 34.4 Å². The molecule has 5 N–H and O–H groups in total. The van der Waals surface area contributed by atoms with Gasteiger partial charge in [0.15, 0.2) is 11.5 Å². The van der Waals surface area contributed by atoms with Gasteiger partial charge in [0.2, 0.25) is 17.2 Å². The Kier molecular flexibility index (Phi) is 3.15. The van der Waals surface area contributed by atoms with E-state index in [-0.39, 0.29) is 5.69 Å². The Labute approximate surface area is 158 Å². The first-order valence-electron chi connectivity index (χ1n) is 8.60. The summed E-state index contributed by atoms with van der Waals surface area (Å²) < 4.78 is 1.56. The Balaban J connectivity index is 2.04. The first kappa shape index (κ1) is 16.1. The van der Waals surface area contributed by atoms with Crippen LogP contribution in [0.4, 0.5) is 0 Å². The minimum Gasteiger partial charge on any atom is -0.503 e. The summed E-state index contributed by atoms with van der Waals surface area (Å²) in [5.41, 5.74) is 1.10. The Morgan fingerprint density at radius 1 is 0.500 bits per heavy atom. The molecule has 0 radical (unpaired) electrons. The van der Waals surface area contributed by atoms with Crippen molar-refractivity contribution in [2.24, 2.45) is 0 Å². The lowest BCUT2D eigenvalue weighted by Gasteiger charge is -2.15. The van der Waals surface area contributed by atoms with Crippen LogP contribution < -0.4 is 0 Å². The Morgan fingerprint density at radius 2 is 1.04 bits per heavy atom. The van der Waals surface area contributed by atoms with Gasteiger partial charge in [0.25, 0.3) is 0 Å². The number of hydrogen-bond acceptors (Lipinski definition) is 5. The topological polar surface area (TPSA) is 106 Å². The number of aromatic nitrogens is 1. The summed E-state index contributed by atoms with van der Waals surface area (Å²) in [7, 11) is 0. The van der Waals surface area contributed by atoms with Crippen molar-refractivity contribution in [2.75, 3.05) is 0 Å². The summed E-state index contributed by atoms with van der Waals surface area (Å²) in [5.74, 6) is -4.26. The third kappa shape index (κ3) is 1.97. The first-order chi connectivity index (χ1) is 13.5. The molecule has 138 valence electrons. The second kappa shape index (κ2) is 5.47. The fourth-order valence-corrected chi connectivity index (χ4v) is 3.78. The molecular weight excluding hydrogens is 358 g/mol. The number of phenols is 5. The van der Waals surface area contributed by atoms with Gasteiger partial charge in [0.05, 0.1) is 11.0 Å². The normalized spacial score (nSPS) is 11.6. The Morgan fingerprint density at radius 3 is 1.71 bits per heavy atom. The van der Waals surface area contributed by atoms with Crippen LogP contribution in [0.25, 0.3) is 38.3 Å². The van der Waals surface area contributed by atoms with E-state index < -0.39 is 28.7 Å². The molecule has 0 aliphatic heterocycles. The smallest absolute Gasteiger partial charge is 0.208 e. The predicted molar refractivity (Wildman–Crippen MR) is 107 cm³/mol. The van der Waals surface area contributed by atoms with E-state index in [1.165, 1.54) is 0 Å². The average Bonchev–Trinajstić information content (AvgIpc) is 3.03. The van der Waals surface area contributed by atoms with Crippen LogP contribution in [-0.4, -0.2) is 30.1 Å². The first-order valence-corrected chi connectivity index (χ1v) is 8.60. The monoisotopic (exact) mass is 373 g/mol. The lowest BCUT2D eigenvalue weighted by molar-refractivity contribution is 0.327. The number of para-hydroxylation sites is 1. The Bertz CT molecular complexity index is 1390. The van der Waals surface area contributed by atoms with Crippen LogP contribution in [0.1, 0.15) is 0 Å². The average molecular weight is 373 g/mol. The van der Waals surface area contributed by atoms with E-state index in [9.17, 15) is 25.5 Å². The van der Waals surface area contributed by atoms with Gasteiger partial charge in [-0.3, -0.25) is 0 Å². The molecule has 6 nitrogen and oxygen atoms in total. The maximum absolute atomic E-state index is 10.5. The zero-order valence-corrected chi connectivity index (χ0v) is 14.5. The van der Waals surface area contributed by atoms with Crippen molar-refractivity contribution < 1.29 is 25.5 Å². The molecule has 1 heterocycles. The molecule has 5 rings (SSSR count). The largest absolute Gasteiger partial charge is 0.503 e. The summed E-state index contributed by atoms with van der Waals surface area (Å²) in [6, 6.07) is 19.1. The number of nitrogens with zero attached hydrogens (tertiary/aromatic N) is 1. The number of fused-ring (bicyclic) bond motifs is 4. The third-order valence-corrected chi connectivity index (χ3v) is 5.11. The van der Waals surface area contributed by atoms with Crippen LogP contribution in [0.3, 0.4) is 0 Å². The molecule has 1 aromatic heterocycles. The predicted octanol–water partition coefficient (Wildman–Crippen LogP) is 4.46. The number of aromatic hydroxyl groups is 5. The quantitative estimate of drug-likeness (QED) is 0.220. The van der Waals surface area contributed by atoms with Crippen LogP contribution in [0, 0.1) is 0 Å². The molecule has 28 heavy (non-hydrogen) atoms. The van der Waals surface area contributed by atoms with Gasteiger partial charge in [-0.25, -0.2) is 0 Å². The molecule has 0 aliphatic rings. The highest BCUT2D eigenvalue weighted by molar-refractivity contribution is 6.14. The number of benzene rings is 4. The highest BCUT2D eigenvalue weighted by atomic mass is 16.4.